The molecule has 0 aliphatic rings. The Hall–Kier alpha value is -3.67. The van der Waals surface area contributed by atoms with Crippen LogP contribution in [-0.4, -0.2) is 23.1 Å². The molecular weight excluding hydrogens is 342 g/mol. The average Bonchev–Trinajstić information content (AvgIpc) is 2.70. The van der Waals surface area contributed by atoms with Crippen LogP contribution in [0.4, 0.5) is 0 Å². The van der Waals surface area contributed by atoms with Crippen molar-refractivity contribution in [3.05, 3.63) is 77.9 Å². The Labute approximate surface area is 156 Å². The molecule has 0 heterocycles. The van der Waals surface area contributed by atoms with Gasteiger partial charge in [-0.1, -0.05) is 60.7 Å². The molecule has 3 rings (SSSR count). The first kappa shape index (κ1) is 18.1. The van der Waals surface area contributed by atoms with Gasteiger partial charge in [0.05, 0.1) is 12.3 Å². The number of hydrogen-bond donors (Lipinski definition) is 3. The number of phenolic OH excluding ortho intramolecular Hbond substituents is 1. The van der Waals surface area contributed by atoms with Gasteiger partial charge in [0.15, 0.2) is 0 Å². The highest BCUT2D eigenvalue weighted by Gasteiger charge is 2.16. The summed E-state index contributed by atoms with van der Waals surface area (Å²) in [6.07, 6.45) is 1.32. The second-order valence-corrected chi connectivity index (χ2v) is 6.02. The van der Waals surface area contributed by atoms with E-state index in [1.807, 2.05) is 54.6 Å². The van der Waals surface area contributed by atoms with E-state index in [1.54, 1.807) is 19.1 Å². The molecule has 6 nitrogen and oxygen atoms in total. The second kappa shape index (κ2) is 8.14. The van der Waals surface area contributed by atoms with Crippen molar-refractivity contribution in [1.29, 1.82) is 0 Å². The third-order valence-corrected chi connectivity index (χ3v) is 4.16. The molecule has 136 valence electrons. The fourth-order valence-corrected chi connectivity index (χ4v) is 2.71. The maximum Gasteiger partial charge on any atom is 0.329 e. The molecule has 6 heteroatoms. The van der Waals surface area contributed by atoms with Crippen molar-refractivity contribution < 1.29 is 14.7 Å². The first-order chi connectivity index (χ1) is 13.1. The number of aromatic hydroxyl groups is 1. The Bertz CT molecular complexity index is 1000. The lowest BCUT2D eigenvalue weighted by Crippen LogP contribution is -2.39. The molecule has 3 aromatic rings. The highest BCUT2D eigenvalue weighted by atomic mass is 16.3. The number of phenols is 1. The standard InChI is InChI=1S/C21H19N3O3/c1-14(15-7-3-2-4-8-15)23-20(26)21(27)24-22-13-18-17-10-6-5-9-16(17)11-12-19(18)25/h2-14,25H,1H3,(H,23,26)(H,24,27). The van der Waals surface area contributed by atoms with E-state index >= 15 is 0 Å². The SMILES string of the molecule is CC(NC(=O)C(=O)NN=Cc1c(O)ccc2ccccc12)c1ccccc1. The third-order valence-electron chi connectivity index (χ3n) is 4.16. The van der Waals surface area contributed by atoms with E-state index in [1.165, 1.54) is 6.21 Å². The van der Waals surface area contributed by atoms with Crippen LogP contribution in [0.1, 0.15) is 24.1 Å². The Morgan fingerprint density at radius 1 is 0.963 bits per heavy atom. The summed E-state index contributed by atoms with van der Waals surface area (Å²) in [5.74, 6) is -1.63. The van der Waals surface area contributed by atoms with Crippen LogP contribution in [0.25, 0.3) is 10.8 Å². The molecule has 0 radical (unpaired) electrons. The van der Waals surface area contributed by atoms with Crippen LogP contribution in [0.15, 0.2) is 71.8 Å². The zero-order valence-electron chi connectivity index (χ0n) is 14.7. The van der Waals surface area contributed by atoms with Crippen LogP contribution < -0.4 is 10.7 Å². The van der Waals surface area contributed by atoms with Crippen LogP contribution in [0, 0.1) is 0 Å². The molecule has 3 aromatic carbocycles. The number of carbonyl (C=O) groups excluding carboxylic acids is 2. The van der Waals surface area contributed by atoms with Crippen LogP contribution >= 0.6 is 0 Å². The topological polar surface area (TPSA) is 90.8 Å². The van der Waals surface area contributed by atoms with Crippen molar-refractivity contribution in [1.82, 2.24) is 10.7 Å². The van der Waals surface area contributed by atoms with Crippen LogP contribution in [-0.2, 0) is 9.59 Å². The van der Waals surface area contributed by atoms with Gasteiger partial charge in [-0.05, 0) is 29.3 Å². The maximum atomic E-state index is 12.0. The van der Waals surface area contributed by atoms with Gasteiger partial charge in [0.1, 0.15) is 5.75 Å². The molecule has 3 N–H and O–H groups in total. The minimum absolute atomic E-state index is 0.0360. The lowest BCUT2D eigenvalue weighted by atomic mass is 10.0. The Balaban J connectivity index is 1.65. The van der Waals surface area contributed by atoms with Gasteiger partial charge in [0, 0.05) is 5.56 Å². The van der Waals surface area contributed by atoms with Crippen molar-refractivity contribution >= 4 is 28.8 Å². The Morgan fingerprint density at radius 2 is 1.67 bits per heavy atom. The van der Waals surface area contributed by atoms with Gasteiger partial charge in [-0.15, -0.1) is 0 Å². The monoisotopic (exact) mass is 361 g/mol. The van der Waals surface area contributed by atoms with Crippen LogP contribution in [0.2, 0.25) is 0 Å². The number of benzene rings is 3. The summed E-state index contributed by atoms with van der Waals surface area (Å²) in [4.78, 5) is 24.0. The van der Waals surface area contributed by atoms with Gasteiger partial charge in [-0.2, -0.15) is 5.10 Å². The Morgan fingerprint density at radius 3 is 2.44 bits per heavy atom. The predicted octanol–water partition coefficient (Wildman–Crippen LogP) is 2.87. The van der Waals surface area contributed by atoms with Crippen molar-refractivity contribution in [3.8, 4) is 5.75 Å². The van der Waals surface area contributed by atoms with Crippen molar-refractivity contribution in [2.45, 2.75) is 13.0 Å². The Kier molecular flexibility index (Phi) is 5.47. The van der Waals surface area contributed by atoms with Gasteiger partial charge in [0.25, 0.3) is 0 Å². The quantitative estimate of drug-likeness (QED) is 0.379. The number of hydrogen-bond acceptors (Lipinski definition) is 4. The van der Waals surface area contributed by atoms with Crippen LogP contribution in [0.3, 0.4) is 0 Å². The summed E-state index contributed by atoms with van der Waals surface area (Å²) >= 11 is 0. The summed E-state index contributed by atoms with van der Waals surface area (Å²) in [7, 11) is 0. The average molecular weight is 361 g/mol. The number of rotatable bonds is 4. The lowest BCUT2D eigenvalue weighted by molar-refractivity contribution is -0.139. The second-order valence-electron chi connectivity index (χ2n) is 6.02. The van der Waals surface area contributed by atoms with Crippen molar-refractivity contribution in [3.63, 3.8) is 0 Å². The summed E-state index contributed by atoms with van der Waals surface area (Å²) < 4.78 is 0. The predicted molar refractivity (Wildman–Crippen MR) is 104 cm³/mol. The fourth-order valence-electron chi connectivity index (χ4n) is 2.71. The molecule has 0 spiro atoms. The summed E-state index contributed by atoms with van der Waals surface area (Å²) in [5, 5.41) is 18.2. The van der Waals surface area contributed by atoms with E-state index in [4.69, 9.17) is 0 Å². The molecule has 0 aliphatic heterocycles. The molecule has 1 unspecified atom stereocenters. The van der Waals surface area contributed by atoms with E-state index in [0.717, 1.165) is 16.3 Å². The van der Waals surface area contributed by atoms with E-state index in [0.29, 0.717) is 5.56 Å². The van der Waals surface area contributed by atoms with Crippen molar-refractivity contribution in [2.24, 2.45) is 5.10 Å². The minimum atomic E-state index is -0.881. The van der Waals surface area contributed by atoms with E-state index in [-0.39, 0.29) is 11.8 Å². The zero-order chi connectivity index (χ0) is 19.2. The third kappa shape index (κ3) is 4.30. The molecule has 0 bridgehead atoms. The zero-order valence-corrected chi connectivity index (χ0v) is 14.7. The maximum absolute atomic E-state index is 12.0. The van der Waals surface area contributed by atoms with Gasteiger partial charge in [0.2, 0.25) is 0 Å². The fraction of sp³-hybridized carbons (Fsp3) is 0.0952. The van der Waals surface area contributed by atoms with Gasteiger partial charge in [-0.25, -0.2) is 5.43 Å². The molecule has 0 saturated carbocycles. The number of fused-ring (bicyclic) bond motifs is 1. The number of hydrazone groups is 1. The van der Waals surface area contributed by atoms with E-state index in [2.05, 4.69) is 15.8 Å². The van der Waals surface area contributed by atoms with Gasteiger partial charge in [-0.3, -0.25) is 9.59 Å². The molecular formula is C21H19N3O3. The molecule has 0 aliphatic carbocycles. The molecule has 0 saturated heterocycles. The van der Waals surface area contributed by atoms with Crippen molar-refractivity contribution in [2.75, 3.05) is 0 Å². The number of nitrogens with one attached hydrogen (secondary N) is 2. The normalized spacial score (nSPS) is 12.0. The van der Waals surface area contributed by atoms with Gasteiger partial charge >= 0.3 is 11.8 Å². The summed E-state index contributed by atoms with van der Waals surface area (Å²) in [6.45, 7) is 1.79. The molecule has 27 heavy (non-hydrogen) atoms. The molecule has 0 aromatic heterocycles. The largest absolute Gasteiger partial charge is 0.507 e. The van der Waals surface area contributed by atoms with Gasteiger partial charge < -0.3 is 10.4 Å². The molecule has 0 fully saturated rings. The number of amides is 2. The highest BCUT2D eigenvalue weighted by molar-refractivity contribution is 6.35. The summed E-state index contributed by atoms with van der Waals surface area (Å²) in [6, 6.07) is 19.8. The molecule has 2 amide bonds. The van der Waals surface area contributed by atoms with E-state index in [9.17, 15) is 14.7 Å². The smallest absolute Gasteiger partial charge is 0.329 e. The molecule has 1 atom stereocenters. The highest BCUT2D eigenvalue weighted by Crippen LogP contribution is 2.25. The first-order valence-electron chi connectivity index (χ1n) is 8.46. The van der Waals surface area contributed by atoms with Crippen LogP contribution in [0.5, 0.6) is 5.75 Å². The summed E-state index contributed by atoms with van der Waals surface area (Å²) in [5.41, 5.74) is 3.54. The lowest BCUT2D eigenvalue weighted by Gasteiger charge is -2.13. The number of carbonyl (C=O) groups is 2. The first-order valence-corrected chi connectivity index (χ1v) is 8.46. The minimum Gasteiger partial charge on any atom is -0.507 e. The number of nitrogens with zero attached hydrogens (tertiary/aromatic N) is 1. The van der Waals surface area contributed by atoms with E-state index < -0.39 is 11.8 Å².